The molecule has 0 bridgehead atoms. The highest BCUT2D eigenvalue weighted by molar-refractivity contribution is 6.36. The van der Waals surface area contributed by atoms with Crippen molar-refractivity contribution in [2.24, 2.45) is 0 Å². The average molecular weight is 281 g/mol. The molecule has 2 nitrogen and oxygen atoms in total. The van der Waals surface area contributed by atoms with Gasteiger partial charge in [-0.2, -0.15) is 9.65 Å². The molecule has 1 aromatic carbocycles. The number of aromatic nitrogens is 1. The van der Waals surface area contributed by atoms with Crippen LogP contribution in [0.1, 0.15) is 5.56 Å². The summed E-state index contributed by atoms with van der Waals surface area (Å²) in [5, 5.41) is 9.70. The van der Waals surface area contributed by atoms with Gasteiger partial charge in [0.15, 0.2) is 0 Å². The van der Waals surface area contributed by atoms with Crippen LogP contribution in [0, 0.1) is 17.3 Å². The van der Waals surface area contributed by atoms with Gasteiger partial charge < -0.3 is 0 Å². The second-order valence-corrected chi connectivity index (χ2v) is 4.47. The molecule has 0 fully saturated rings. The maximum atomic E-state index is 13.1. The van der Waals surface area contributed by atoms with E-state index < -0.39 is 5.95 Å². The van der Waals surface area contributed by atoms with Gasteiger partial charge >= 0.3 is 0 Å². The Hall–Kier alpha value is -1.63. The predicted molar refractivity (Wildman–Crippen MR) is 69.0 cm³/mol. The van der Waals surface area contributed by atoms with Gasteiger partial charge in [0.1, 0.15) is 0 Å². The van der Waals surface area contributed by atoms with E-state index in [-0.39, 0.29) is 6.42 Å². The van der Waals surface area contributed by atoms with Gasteiger partial charge in [-0.1, -0.05) is 29.3 Å². The van der Waals surface area contributed by atoms with Crippen molar-refractivity contribution >= 4 is 23.2 Å². The highest BCUT2D eigenvalue weighted by Gasteiger charge is 2.11. The van der Waals surface area contributed by atoms with E-state index in [9.17, 15) is 4.39 Å². The summed E-state index contributed by atoms with van der Waals surface area (Å²) < 4.78 is 13.1. The standard InChI is InChI=1S/C13H7Cl2FN2/c14-9-1-2-10(12(15)6-9)11-7-18-13(16)5-8(11)3-4-17/h1-2,5-7H,3H2. The minimum Gasteiger partial charge on any atom is -0.228 e. The monoisotopic (exact) mass is 280 g/mol. The molecule has 90 valence electrons. The highest BCUT2D eigenvalue weighted by Crippen LogP contribution is 2.32. The summed E-state index contributed by atoms with van der Waals surface area (Å²) in [7, 11) is 0. The fourth-order valence-electron chi connectivity index (χ4n) is 1.65. The molecular formula is C13H7Cl2FN2. The topological polar surface area (TPSA) is 36.7 Å². The molecule has 0 radical (unpaired) electrons. The third-order valence-electron chi connectivity index (χ3n) is 2.45. The Bertz CT molecular complexity index is 635. The summed E-state index contributed by atoms with van der Waals surface area (Å²) in [5.41, 5.74) is 1.87. The van der Waals surface area contributed by atoms with Crippen molar-refractivity contribution in [1.82, 2.24) is 4.98 Å². The zero-order valence-corrected chi connectivity index (χ0v) is 10.6. The van der Waals surface area contributed by atoms with Crippen LogP contribution in [-0.4, -0.2) is 4.98 Å². The Morgan fingerprint density at radius 2 is 2.00 bits per heavy atom. The zero-order valence-electron chi connectivity index (χ0n) is 9.12. The lowest BCUT2D eigenvalue weighted by atomic mass is 10.0. The third-order valence-corrected chi connectivity index (χ3v) is 2.99. The van der Waals surface area contributed by atoms with Gasteiger partial charge in [-0.15, -0.1) is 0 Å². The van der Waals surface area contributed by atoms with Gasteiger partial charge in [-0.05, 0) is 23.8 Å². The van der Waals surface area contributed by atoms with Crippen LogP contribution in [-0.2, 0) is 6.42 Å². The quantitative estimate of drug-likeness (QED) is 0.771. The molecule has 0 saturated carbocycles. The van der Waals surface area contributed by atoms with Crippen molar-refractivity contribution in [1.29, 1.82) is 5.26 Å². The van der Waals surface area contributed by atoms with Crippen molar-refractivity contribution in [3.63, 3.8) is 0 Å². The van der Waals surface area contributed by atoms with Gasteiger partial charge in [0, 0.05) is 27.4 Å². The number of nitrogens with zero attached hydrogens (tertiary/aromatic N) is 2. The Labute approximate surface area is 114 Å². The highest BCUT2D eigenvalue weighted by atomic mass is 35.5. The van der Waals surface area contributed by atoms with E-state index in [1.165, 1.54) is 12.3 Å². The molecule has 1 aromatic heterocycles. The largest absolute Gasteiger partial charge is 0.228 e. The van der Waals surface area contributed by atoms with Gasteiger partial charge in [0.2, 0.25) is 5.95 Å². The number of pyridine rings is 1. The van der Waals surface area contributed by atoms with Crippen LogP contribution in [0.3, 0.4) is 0 Å². The summed E-state index contributed by atoms with van der Waals surface area (Å²) >= 11 is 11.9. The first-order chi connectivity index (χ1) is 8.61. The molecular weight excluding hydrogens is 274 g/mol. The van der Waals surface area contributed by atoms with Crippen LogP contribution < -0.4 is 0 Å². The molecule has 0 aliphatic rings. The molecule has 0 saturated heterocycles. The molecule has 1 heterocycles. The van der Waals surface area contributed by atoms with Crippen molar-refractivity contribution in [3.8, 4) is 17.2 Å². The van der Waals surface area contributed by atoms with Crippen LogP contribution in [0.15, 0.2) is 30.5 Å². The van der Waals surface area contributed by atoms with Gasteiger partial charge in [-0.25, -0.2) is 4.98 Å². The summed E-state index contributed by atoms with van der Waals surface area (Å²) in [6, 6.07) is 8.23. The Morgan fingerprint density at radius 1 is 1.22 bits per heavy atom. The number of halogens is 3. The van der Waals surface area contributed by atoms with Crippen LogP contribution >= 0.6 is 23.2 Å². The van der Waals surface area contributed by atoms with E-state index in [2.05, 4.69) is 4.98 Å². The lowest BCUT2D eigenvalue weighted by Gasteiger charge is -2.09. The molecule has 0 N–H and O–H groups in total. The lowest BCUT2D eigenvalue weighted by molar-refractivity contribution is 0.582. The number of hydrogen-bond acceptors (Lipinski definition) is 2. The number of hydrogen-bond donors (Lipinski definition) is 0. The molecule has 2 aromatic rings. The zero-order chi connectivity index (χ0) is 13.1. The van der Waals surface area contributed by atoms with Crippen LogP contribution in [0.4, 0.5) is 4.39 Å². The second-order valence-electron chi connectivity index (χ2n) is 3.62. The molecule has 0 atom stereocenters. The number of rotatable bonds is 2. The van der Waals surface area contributed by atoms with Crippen LogP contribution in [0.25, 0.3) is 11.1 Å². The van der Waals surface area contributed by atoms with E-state index >= 15 is 0 Å². The summed E-state index contributed by atoms with van der Waals surface area (Å²) in [4.78, 5) is 3.59. The van der Waals surface area contributed by atoms with E-state index in [0.29, 0.717) is 26.7 Å². The molecule has 0 aliphatic heterocycles. The molecule has 2 rings (SSSR count). The van der Waals surface area contributed by atoms with E-state index in [0.717, 1.165) is 0 Å². The predicted octanol–water partition coefficient (Wildman–Crippen LogP) is 4.26. The first kappa shape index (κ1) is 12.8. The van der Waals surface area contributed by atoms with Crippen molar-refractivity contribution in [3.05, 3.63) is 52.0 Å². The SMILES string of the molecule is N#CCc1cc(F)ncc1-c1ccc(Cl)cc1Cl. The Balaban J connectivity index is 2.60. The Kier molecular flexibility index (Phi) is 3.81. The Morgan fingerprint density at radius 3 is 2.67 bits per heavy atom. The molecule has 5 heteroatoms. The van der Waals surface area contributed by atoms with Crippen LogP contribution in [0.2, 0.25) is 10.0 Å². The van der Waals surface area contributed by atoms with Crippen molar-refractivity contribution < 1.29 is 4.39 Å². The second kappa shape index (κ2) is 5.34. The van der Waals surface area contributed by atoms with E-state index in [4.69, 9.17) is 28.5 Å². The minimum atomic E-state index is -0.617. The smallest absolute Gasteiger partial charge is 0.213 e. The normalized spacial score (nSPS) is 10.1. The summed E-state index contributed by atoms with van der Waals surface area (Å²) in [6.45, 7) is 0. The van der Waals surface area contributed by atoms with E-state index in [1.807, 2.05) is 6.07 Å². The molecule has 0 spiro atoms. The van der Waals surface area contributed by atoms with Gasteiger partial charge in [0.05, 0.1) is 12.5 Å². The van der Waals surface area contributed by atoms with Crippen molar-refractivity contribution in [2.45, 2.75) is 6.42 Å². The first-order valence-corrected chi connectivity index (χ1v) is 5.84. The summed E-state index contributed by atoms with van der Waals surface area (Å²) in [5.74, 6) is -0.617. The molecule has 0 unspecified atom stereocenters. The van der Waals surface area contributed by atoms with Gasteiger partial charge in [-0.3, -0.25) is 0 Å². The maximum Gasteiger partial charge on any atom is 0.213 e. The fourth-order valence-corrected chi connectivity index (χ4v) is 2.16. The van der Waals surface area contributed by atoms with Crippen molar-refractivity contribution in [2.75, 3.05) is 0 Å². The average Bonchev–Trinajstić information content (AvgIpc) is 2.31. The molecule has 0 amide bonds. The molecule has 18 heavy (non-hydrogen) atoms. The van der Waals surface area contributed by atoms with E-state index in [1.54, 1.807) is 18.2 Å². The lowest BCUT2D eigenvalue weighted by Crippen LogP contribution is -1.94. The van der Waals surface area contributed by atoms with Gasteiger partial charge in [0.25, 0.3) is 0 Å². The minimum absolute atomic E-state index is 0.0910. The maximum absolute atomic E-state index is 13.1. The summed E-state index contributed by atoms with van der Waals surface area (Å²) in [6.07, 6.45) is 1.46. The number of benzene rings is 1. The number of nitriles is 1. The first-order valence-electron chi connectivity index (χ1n) is 5.08. The van der Waals surface area contributed by atoms with Crippen LogP contribution in [0.5, 0.6) is 0 Å². The molecule has 0 aliphatic carbocycles. The third kappa shape index (κ3) is 2.61. The fraction of sp³-hybridized carbons (Fsp3) is 0.0769.